The molecule has 0 spiro atoms. The standard InChI is InChI=1S/C46H53N11O8/c1-4-20-54-44(62)34-29-48-45(51-42(34)56(54)38-11-6-10-37(50-38)46(2,3)63)49-31-14-16-32(17-15-31)52-21-23-53(24-22-52)39(58)18-25-64-27-28-65-26-19-47-36-9-5-8-33-35(36)30-55(43(33)61)57-40(59)12-7-13-41(57)60/h4-6,8-11,14-17,29,47,63H,1,7,12-13,18-28,30H2,2-3H3,(H,48,49,51). The summed E-state index contributed by atoms with van der Waals surface area (Å²) in [5.41, 5.74) is 3.04. The van der Waals surface area contributed by atoms with Gasteiger partial charge in [0.25, 0.3) is 11.5 Å². The zero-order valence-electron chi connectivity index (χ0n) is 36.6. The maximum Gasteiger partial charge on any atom is 0.278 e. The molecule has 8 rings (SSSR count). The van der Waals surface area contributed by atoms with Crippen molar-refractivity contribution in [2.45, 2.75) is 58.2 Å². The van der Waals surface area contributed by atoms with E-state index in [2.05, 4.69) is 32.1 Å². The number of anilines is 4. The van der Waals surface area contributed by atoms with Crippen molar-refractivity contribution in [1.29, 1.82) is 0 Å². The van der Waals surface area contributed by atoms with E-state index in [0.29, 0.717) is 99.6 Å². The normalized spacial score (nSPS) is 15.5. The number of piperidine rings is 1. The average molecular weight is 888 g/mol. The summed E-state index contributed by atoms with van der Waals surface area (Å²) in [6.07, 6.45) is 4.37. The second-order valence-electron chi connectivity index (χ2n) is 16.4. The molecule has 0 bridgehead atoms. The Balaban J connectivity index is 0.748. The Kier molecular flexibility index (Phi) is 13.3. The van der Waals surface area contributed by atoms with Gasteiger partial charge in [0.15, 0.2) is 11.5 Å². The number of imide groups is 1. The van der Waals surface area contributed by atoms with E-state index in [4.69, 9.17) is 14.5 Å². The molecule has 3 N–H and O–H groups in total. The van der Waals surface area contributed by atoms with E-state index in [0.717, 1.165) is 27.6 Å². The topological polar surface area (TPSA) is 210 Å². The number of hydrazine groups is 1. The summed E-state index contributed by atoms with van der Waals surface area (Å²) in [5.74, 6) is -0.316. The van der Waals surface area contributed by atoms with Crippen molar-refractivity contribution in [3.05, 3.63) is 107 Å². The average Bonchev–Trinajstić information content (AvgIpc) is 3.78. The van der Waals surface area contributed by atoms with E-state index < -0.39 is 5.60 Å². The summed E-state index contributed by atoms with van der Waals surface area (Å²) in [6, 6.07) is 18.4. The number of rotatable bonds is 18. The van der Waals surface area contributed by atoms with E-state index in [9.17, 15) is 29.1 Å². The molecule has 5 aromatic rings. The quantitative estimate of drug-likeness (QED) is 0.0651. The zero-order chi connectivity index (χ0) is 45.7. The number of nitrogens with zero attached hydrogens (tertiary/aromatic N) is 9. The third-order valence-electron chi connectivity index (χ3n) is 11.5. The van der Waals surface area contributed by atoms with Crippen molar-refractivity contribution in [2.24, 2.45) is 0 Å². The first-order chi connectivity index (χ1) is 31.4. The molecule has 2 saturated heterocycles. The first-order valence-corrected chi connectivity index (χ1v) is 21.8. The number of aliphatic hydroxyl groups is 1. The lowest BCUT2D eigenvalue weighted by atomic mass is 10.1. The minimum Gasteiger partial charge on any atom is -0.384 e. The van der Waals surface area contributed by atoms with Gasteiger partial charge in [0.2, 0.25) is 23.7 Å². The van der Waals surface area contributed by atoms with Crippen LogP contribution in [0.4, 0.5) is 23.0 Å². The van der Waals surface area contributed by atoms with E-state index in [1.165, 1.54) is 15.9 Å². The molecular weight excluding hydrogens is 835 g/mol. The van der Waals surface area contributed by atoms with Crippen LogP contribution in [-0.4, -0.2) is 127 Å². The largest absolute Gasteiger partial charge is 0.384 e. The molecule has 0 aliphatic carbocycles. The van der Waals surface area contributed by atoms with Gasteiger partial charge in [-0.15, -0.1) is 6.58 Å². The number of amides is 4. The molecular formula is C46H53N11O8. The van der Waals surface area contributed by atoms with Gasteiger partial charge in [0, 0.05) is 80.0 Å². The van der Waals surface area contributed by atoms with Gasteiger partial charge in [-0.25, -0.2) is 24.3 Å². The molecule has 3 aromatic heterocycles. The van der Waals surface area contributed by atoms with E-state index in [-0.39, 0.29) is 61.5 Å². The smallest absolute Gasteiger partial charge is 0.278 e. The van der Waals surface area contributed by atoms with E-state index in [1.807, 2.05) is 35.2 Å². The maximum absolute atomic E-state index is 13.4. The molecule has 2 fully saturated rings. The maximum atomic E-state index is 13.4. The van der Waals surface area contributed by atoms with Crippen LogP contribution in [0.2, 0.25) is 0 Å². The summed E-state index contributed by atoms with van der Waals surface area (Å²) in [5, 5.41) is 19.7. The lowest BCUT2D eigenvalue weighted by molar-refractivity contribution is -0.163. The molecule has 3 aliphatic rings. The highest BCUT2D eigenvalue weighted by molar-refractivity contribution is 6.05. The lowest BCUT2D eigenvalue weighted by Gasteiger charge is -2.36. The molecule has 0 atom stereocenters. The molecule has 340 valence electrons. The van der Waals surface area contributed by atoms with Crippen molar-refractivity contribution in [1.82, 2.24) is 39.2 Å². The van der Waals surface area contributed by atoms with Crippen molar-refractivity contribution >= 4 is 57.7 Å². The molecule has 19 nitrogen and oxygen atoms in total. The Morgan fingerprint density at radius 3 is 2.34 bits per heavy atom. The Labute approximate surface area is 375 Å². The predicted octanol–water partition coefficient (Wildman–Crippen LogP) is 3.73. The van der Waals surface area contributed by atoms with Gasteiger partial charge in [0.05, 0.1) is 51.6 Å². The number of carbonyl (C=O) groups excluding carboxylic acids is 4. The number of nitrogens with one attached hydrogen (secondary N) is 2. The number of ether oxygens (including phenoxy) is 2. The van der Waals surface area contributed by atoms with E-state index >= 15 is 0 Å². The second-order valence-corrected chi connectivity index (χ2v) is 16.4. The van der Waals surface area contributed by atoms with Crippen molar-refractivity contribution in [3.63, 3.8) is 0 Å². The van der Waals surface area contributed by atoms with Crippen LogP contribution in [0.1, 0.15) is 61.1 Å². The van der Waals surface area contributed by atoms with Gasteiger partial charge < -0.3 is 35.0 Å². The summed E-state index contributed by atoms with van der Waals surface area (Å²) in [6.45, 7) is 11.9. The summed E-state index contributed by atoms with van der Waals surface area (Å²) in [7, 11) is 0. The zero-order valence-corrected chi connectivity index (χ0v) is 36.6. The Morgan fingerprint density at radius 1 is 0.892 bits per heavy atom. The number of aromatic nitrogens is 5. The molecule has 19 heteroatoms. The SMILES string of the molecule is C=CCn1c(=O)c2cnc(Nc3ccc(N4CCN(C(=O)CCOCCOCCNc5cccc6c5CN(N5C(=O)CCCC5=O)C6=O)CC4)cc3)nc2n1-c1cccc(C(C)(C)O)n1. The molecule has 4 amide bonds. The molecule has 3 aliphatic heterocycles. The van der Waals surface area contributed by atoms with Crippen molar-refractivity contribution in [2.75, 3.05) is 74.7 Å². The third kappa shape index (κ3) is 9.76. The Hall–Kier alpha value is -6.96. The van der Waals surface area contributed by atoms with Crippen LogP contribution in [-0.2, 0) is 42.5 Å². The van der Waals surface area contributed by atoms with Crippen molar-refractivity contribution in [3.8, 4) is 5.82 Å². The lowest BCUT2D eigenvalue weighted by Crippen LogP contribution is -2.52. The number of pyridine rings is 1. The number of allylic oxidation sites excluding steroid dienone is 1. The highest BCUT2D eigenvalue weighted by atomic mass is 16.5. The van der Waals surface area contributed by atoms with Gasteiger partial charge in [-0.3, -0.25) is 24.0 Å². The molecule has 2 aromatic carbocycles. The van der Waals surface area contributed by atoms with Crippen LogP contribution in [0, 0.1) is 0 Å². The second kappa shape index (κ2) is 19.4. The summed E-state index contributed by atoms with van der Waals surface area (Å²) < 4.78 is 14.5. The van der Waals surface area contributed by atoms with Crippen LogP contribution < -0.4 is 21.1 Å². The Morgan fingerprint density at radius 2 is 1.62 bits per heavy atom. The van der Waals surface area contributed by atoms with Gasteiger partial charge in [0.1, 0.15) is 11.0 Å². The van der Waals surface area contributed by atoms with Crippen LogP contribution in [0.25, 0.3) is 16.9 Å². The predicted molar refractivity (Wildman–Crippen MR) is 242 cm³/mol. The third-order valence-corrected chi connectivity index (χ3v) is 11.5. The van der Waals surface area contributed by atoms with Crippen LogP contribution in [0.5, 0.6) is 0 Å². The first kappa shape index (κ1) is 44.6. The summed E-state index contributed by atoms with van der Waals surface area (Å²) in [4.78, 5) is 82.2. The fourth-order valence-electron chi connectivity index (χ4n) is 8.14. The molecule has 0 saturated carbocycles. The van der Waals surface area contributed by atoms with Crippen LogP contribution in [0.15, 0.2) is 84.3 Å². The van der Waals surface area contributed by atoms with Crippen LogP contribution in [0.3, 0.4) is 0 Å². The fourth-order valence-corrected chi connectivity index (χ4v) is 8.14. The number of fused-ring (bicyclic) bond motifs is 2. The number of hydrogen-bond donors (Lipinski definition) is 3. The van der Waals surface area contributed by atoms with E-state index in [1.54, 1.807) is 54.9 Å². The number of carbonyl (C=O) groups is 4. The van der Waals surface area contributed by atoms with Gasteiger partial charge in [-0.1, -0.05) is 18.2 Å². The van der Waals surface area contributed by atoms with Gasteiger partial charge in [-0.2, -0.15) is 9.99 Å². The minimum absolute atomic E-state index is 0.0405. The van der Waals surface area contributed by atoms with Crippen molar-refractivity contribution < 1.29 is 33.8 Å². The summed E-state index contributed by atoms with van der Waals surface area (Å²) >= 11 is 0. The highest BCUT2D eigenvalue weighted by Crippen LogP contribution is 2.32. The van der Waals surface area contributed by atoms with Gasteiger partial charge >= 0.3 is 0 Å². The first-order valence-electron chi connectivity index (χ1n) is 21.8. The molecule has 6 heterocycles. The Bertz CT molecular complexity index is 2630. The molecule has 0 unspecified atom stereocenters. The molecule has 65 heavy (non-hydrogen) atoms. The fraction of sp³-hybridized carbons (Fsp3) is 0.391. The minimum atomic E-state index is -1.19. The van der Waals surface area contributed by atoms with Gasteiger partial charge in [-0.05, 0) is 68.8 Å². The van der Waals surface area contributed by atoms with Crippen LogP contribution >= 0.6 is 0 Å². The number of piperazine rings is 1. The monoisotopic (exact) mass is 887 g/mol. The number of hydrogen-bond acceptors (Lipinski definition) is 14. The molecule has 0 radical (unpaired) electrons. The highest BCUT2D eigenvalue weighted by Gasteiger charge is 2.40. The number of benzene rings is 2.